The predicted octanol–water partition coefficient (Wildman–Crippen LogP) is 3.37. The lowest BCUT2D eigenvalue weighted by Crippen LogP contribution is -2.13. The van der Waals surface area contributed by atoms with Crippen molar-refractivity contribution in [1.29, 1.82) is 0 Å². The molecule has 0 atom stereocenters. The van der Waals surface area contributed by atoms with Gasteiger partial charge in [-0.2, -0.15) is 9.97 Å². The molecule has 1 heterocycles. The molecular formula is C16H18ClN3O3. The average Bonchev–Trinajstić information content (AvgIpc) is 2.44. The maximum Gasteiger partial charge on any atom is 0.319 e. The fraction of sp³-hybridized carbons (Fsp3) is 0.312. The van der Waals surface area contributed by atoms with E-state index in [9.17, 15) is 4.79 Å². The van der Waals surface area contributed by atoms with Crippen LogP contribution in [0, 0.1) is 13.8 Å². The van der Waals surface area contributed by atoms with Gasteiger partial charge in [0.2, 0.25) is 0 Å². The lowest BCUT2D eigenvalue weighted by Gasteiger charge is -2.20. The fourth-order valence-corrected chi connectivity index (χ4v) is 2.30. The van der Waals surface area contributed by atoms with Crippen LogP contribution in [0.15, 0.2) is 24.3 Å². The van der Waals surface area contributed by atoms with Gasteiger partial charge in [-0.15, -0.1) is 0 Å². The Morgan fingerprint density at radius 2 is 1.87 bits per heavy atom. The van der Waals surface area contributed by atoms with Crippen LogP contribution in [0.5, 0.6) is 6.01 Å². The minimum atomic E-state index is -0.945. The number of halogens is 1. The highest BCUT2D eigenvalue weighted by Crippen LogP contribution is 2.27. The molecule has 1 aromatic carbocycles. The highest BCUT2D eigenvalue weighted by Gasteiger charge is 2.11. The summed E-state index contributed by atoms with van der Waals surface area (Å²) in [5, 5.41) is 8.87. The van der Waals surface area contributed by atoms with Crippen LogP contribution in [0.4, 0.5) is 11.5 Å². The molecule has 122 valence electrons. The number of ether oxygens (including phenoxy) is 1. The first-order chi connectivity index (χ1) is 10.8. The van der Waals surface area contributed by atoms with Crippen LogP contribution < -0.4 is 9.64 Å². The number of hydrogen-bond donors (Lipinski definition) is 1. The molecule has 0 amide bonds. The molecule has 0 aliphatic rings. The van der Waals surface area contributed by atoms with E-state index in [1.807, 2.05) is 37.9 Å². The Kier molecular flexibility index (Phi) is 5.39. The summed E-state index contributed by atoms with van der Waals surface area (Å²) in [5.41, 5.74) is 3.25. The Morgan fingerprint density at radius 3 is 2.48 bits per heavy atom. The zero-order valence-corrected chi connectivity index (χ0v) is 14.0. The number of benzene rings is 1. The van der Waals surface area contributed by atoms with E-state index >= 15 is 0 Å². The Hall–Kier alpha value is -2.34. The molecule has 2 aromatic rings. The van der Waals surface area contributed by atoms with Crippen LogP contribution in [-0.4, -0.2) is 34.7 Å². The molecule has 0 unspecified atom stereocenters. The highest BCUT2D eigenvalue weighted by molar-refractivity contribution is 6.29. The van der Waals surface area contributed by atoms with Gasteiger partial charge in [-0.05, 0) is 37.1 Å². The molecule has 0 radical (unpaired) electrons. The molecule has 0 saturated heterocycles. The summed E-state index contributed by atoms with van der Waals surface area (Å²) in [5.74, 6) is -0.375. The van der Waals surface area contributed by atoms with Crippen LogP contribution in [0.1, 0.15) is 17.5 Å². The maximum atomic E-state index is 10.5. The van der Waals surface area contributed by atoms with Gasteiger partial charge in [0, 0.05) is 18.8 Å². The molecule has 23 heavy (non-hydrogen) atoms. The Balaban J connectivity index is 2.24. The average molecular weight is 336 g/mol. The summed E-state index contributed by atoms with van der Waals surface area (Å²) >= 11 is 6.01. The normalized spacial score (nSPS) is 10.4. The first kappa shape index (κ1) is 17.0. The molecule has 1 N–H and O–H groups in total. The second-order valence-electron chi connectivity index (χ2n) is 5.23. The summed E-state index contributed by atoms with van der Waals surface area (Å²) in [4.78, 5) is 20.6. The zero-order chi connectivity index (χ0) is 17.0. The van der Waals surface area contributed by atoms with Gasteiger partial charge in [0.1, 0.15) is 17.6 Å². The Bertz CT molecular complexity index is 701. The largest absolute Gasteiger partial charge is 0.481 e. The first-order valence-electron chi connectivity index (χ1n) is 7.06. The van der Waals surface area contributed by atoms with E-state index in [1.54, 1.807) is 6.07 Å². The van der Waals surface area contributed by atoms with Crippen LogP contribution in [0.3, 0.4) is 0 Å². The van der Waals surface area contributed by atoms with Gasteiger partial charge in [-0.1, -0.05) is 17.7 Å². The van der Waals surface area contributed by atoms with Crippen molar-refractivity contribution in [2.45, 2.75) is 20.3 Å². The second-order valence-corrected chi connectivity index (χ2v) is 5.62. The summed E-state index contributed by atoms with van der Waals surface area (Å²) in [6.45, 7) is 4.04. The molecule has 0 aliphatic heterocycles. The van der Waals surface area contributed by atoms with E-state index in [-0.39, 0.29) is 24.2 Å². The van der Waals surface area contributed by atoms with Crippen molar-refractivity contribution in [1.82, 2.24) is 9.97 Å². The third kappa shape index (κ3) is 4.82. The third-order valence-electron chi connectivity index (χ3n) is 3.15. The molecule has 6 nitrogen and oxygen atoms in total. The van der Waals surface area contributed by atoms with Crippen LogP contribution >= 0.6 is 11.6 Å². The minimum absolute atomic E-state index is 0.0115. The minimum Gasteiger partial charge on any atom is -0.481 e. The van der Waals surface area contributed by atoms with Gasteiger partial charge in [0.25, 0.3) is 0 Å². The van der Waals surface area contributed by atoms with Crippen LogP contribution in [0.2, 0.25) is 5.15 Å². The number of aromatic nitrogens is 2. The van der Waals surface area contributed by atoms with E-state index in [4.69, 9.17) is 21.4 Å². The van der Waals surface area contributed by atoms with Crippen molar-refractivity contribution in [3.8, 4) is 6.01 Å². The van der Waals surface area contributed by atoms with Crippen molar-refractivity contribution >= 4 is 29.1 Å². The van der Waals surface area contributed by atoms with Crippen molar-refractivity contribution in [2.75, 3.05) is 18.6 Å². The summed E-state index contributed by atoms with van der Waals surface area (Å²) in [6, 6.07) is 7.85. The molecule has 0 saturated carbocycles. The van der Waals surface area contributed by atoms with E-state index in [1.165, 1.54) is 0 Å². The second kappa shape index (κ2) is 7.28. The van der Waals surface area contributed by atoms with Crippen LogP contribution in [0.25, 0.3) is 0 Å². The molecular weight excluding hydrogens is 318 g/mol. The third-order valence-corrected chi connectivity index (χ3v) is 3.34. The number of carbonyl (C=O) groups is 1. The molecule has 0 aliphatic carbocycles. The van der Waals surface area contributed by atoms with Gasteiger partial charge in [0.15, 0.2) is 0 Å². The van der Waals surface area contributed by atoms with Crippen LogP contribution in [-0.2, 0) is 4.79 Å². The van der Waals surface area contributed by atoms with Gasteiger partial charge in [-0.25, -0.2) is 0 Å². The SMILES string of the molecule is Cc1cc(C)cc(N(C)c2cc(Cl)nc(OCCC(=O)O)n2)c1. The standard InChI is InChI=1S/C16H18ClN3O3/c1-10-6-11(2)8-12(7-10)20(3)14-9-13(17)18-16(19-14)23-5-4-15(21)22/h6-9H,4-5H2,1-3H3,(H,21,22). The molecule has 0 bridgehead atoms. The van der Waals surface area contributed by atoms with Crippen molar-refractivity contribution in [3.63, 3.8) is 0 Å². The predicted molar refractivity (Wildman–Crippen MR) is 88.8 cm³/mol. The van der Waals surface area contributed by atoms with Gasteiger partial charge < -0.3 is 14.7 Å². The zero-order valence-electron chi connectivity index (χ0n) is 13.2. The molecule has 1 aromatic heterocycles. The Morgan fingerprint density at radius 1 is 1.22 bits per heavy atom. The molecule has 0 spiro atoms. The monoisotopic (exact) mass is 335 g/mol. The maximum absolute atomic E-state index is 10.5. The smallest absolute Gasteiger partial charge is 0.319 e. The molecule has 7 heteroatoms. The number of carboxylic acids is 1. The number of rotatable bonds is 6. The summed E-state index contributed by atoms with van der Waals surface area (Å²) < 4.78 is 5.26. The van der Waals surface area contributed by atoms with Gasteiger partial charge >= 0.3 is 12.0 Å². The number of carboxylic acid groups (broad SMARTS) is 1. The molecule has 2 rings (SSSR count). The topological polar surface area (TPSA) is 75.6 Å². The summed E-state index contributed by atoms with van der Waals surface area (Å²) in [6.07, 6.45) is -0.127. The van der Waals surface area contributed by atoms with E-state index in [2.05, 4.69) is 16.0 Å². The lowest BCUT2D eigenvalue weighted by atomic mass is 10.1. The van der Waals surface area contributed by atoms with E-state index in [0.717, 1.165) is 16.8 Å². The number of anilines is 2. The van der Waals surface area contributed by atoms with Crippen molar-refractivity contribution in [3.05, 3.63) is 40.5 Å². The fourth-order valence-electron chi connectivity index (χ4n) is 2.13. The first-order valence-corrected chi connectivity index (χ1v) is 7.44. The van der Waals surface area contributed by atoms with Gasteiger partial charge in [0.05, 0.1) is 6.42 Å². The van der Waals surface area contributed by atoms with Crippen molar-refractivity contribution in [2.24, 2.45) is 0 Å². The number of hydrogen-bond acceptors (Lipinski definition) is 5. The van der Waals surface area contributed by atoms with E-state index < -0.39 is 5.97 Å². The number of nitrogens with zero attached hydrogens (tertiary/aromatic N) is 3. The lowest BCUT2D eigenvalue weighted by molar-refractivity contribution is -0.137. The number of aliphatic carboxylic acids is 1. The van der Waals surface area contributed by atoms with Gasteiger partial charge in [-0.3, -0.25) is 4.79 Å². The summed E-state index contributed by atoms with van der Waals surface area (Å²) in [7, 11) is 1.87. The van der Waals surface area contributed by atoms with E-state index in [0.29, 0.717) is 5.82 Å². The highest BCUT2D eigenvalue weighted by atomic mass is 35.5. The quantitative estimate of drug-likeness (QED) is 0.816. The number of aryl methyl sites for hydroxylation is 2. The Labute approximate surface area is 139 Å². The van der Waals surface area contributed by atoms with Crippen molar-refractivity contribution < 1.29 is 14.6 Å². The molecule has 0 fully saturated rings.